The van der Waals surface area contributed by atoms with Gasteiger partial charge in [-0.25, -0.2) is 4.79 Å². The summed E-state index contributed by atoms with van der Waals surface area (Å²) in [6.45, 7) is 6.17. The highest BCUT2D eigenvalue weighted by molar-refractivity contribution is 5.71. The van der Waals surface area contributed by atoms with Crippen LogP contribution in [0.25, 0.3) is 12.2 Å². The molecular formula is C20H24O6. The van der Waals surface area contributed by atoms with E-state index in [0.29, 0.717) is 35.4 Å². The molecule has 26 heavy (non-hydrogen) atoms. The van der Waals surface area contributed by atoms with Crippen molar-refractivity contribution in [1.82, 2.24) is 0 Å². The predicted octanol–water partition coefficient (Wildman–Crippen LogP) is 4.01. The molecule has 1 heterocycles. The molecule has 140 valence electrons. The Morgan fingerprint density at radius 2 is 1.69 bits per heavy atom. The third-order valence-corrected chi connectivity index (χ3v) is 3.35. The quantitative estimate of drug-likeness (QED) is 0.708. The van der Waals surface area contributed by atoms with Gasteiger partial charge in [0.25, 0.3) is 0 Å². The van der Waals surface area contributed by atoms with Gasteiger partial charge in [-0.05, 0) is 44.5 Å². The average molecular weight is 360 g/mol. The van der Waals surface area contributed by atoms with E-state index in [1.807, 2.05) is 32.9 Å². The SMILES string of the molecule is CCOc1c(OC)cc(C=Cc2cc(OC(C)C)cc(=O)o2)cc1OC. The molecule has 6 nitrogen and oxygen atoms in total. The molecule has 0 aliphatic carbocycles. The number of ether oxygens (including phenoxy) is 4. The van der Waals surface area contributed by atoms with Crippen LogP contribution in [0, 0.1) is 0 Å². The number of benzene rings is 1. The minimum atomic E-state index is -0.468. The summed E-state index contributed by atoms with van der Waals surface area (Å²) < 4.78 is 27.1. The van der Waals surface area contributed by atoms with Crippen molar-refractivity contribution in [3.8, 4) is 23.0 Å². The van der Waals surface area contributed by atoms with Crippen LogP contribution in [-0.4, -0.2) is 26.9 Å². The normalized spacial score (nSPS) is 11.0. The molecule has 0 saturated carbocycles. The van der Waals surface area contributed by atoms with E-state index in [9.17, 15) is 4.79 Å². The molecule has 0 N–H and O–H groups in total. The predicted molar refractivity (Wildman–Crippen MR) is 100 cm³/mol. The van der Waals surface area contributed by atoms with Gasteiger partial charge in [0.1, 0.15) is 11.5 Å². The highest BCUT2D eigenvalue weighted by atomic mass is 16.5. The lowest BCUT2D eigenvalue weighted by Gasteiger charge is -2.14. The molecule has 0 spiro atoms. The van der Waals surface area contributed by atoms with Crippen LogP contribution in [0.1, 0.15) is 32.1 Å². The van der Waals surface area contributed by atoms with E-state index in [1.54, 1.807) is 32.4 Å². The lowest BCUT2D eigenvalue weighted by Crippen LogP contribution is -2.08. The van der Waals surface area contributed by atoms with E-state index in [-0.39, 0.29) is 6.10 Å². The second-order valence-electron chi connectivity index (χ2n) is 5.70. The number of hydrogen-bond donors (Lipinski definition) is 0. The third kappa shape index (κ3) is 5.05. The third-order valence-electron chi connectivity index (χ3n) is 3.35. The fraction of sp³-hybridized carbons (Fsp3) is 0.350. The Bertz CT molecular complexity index is 794. The van der Waals surface area contributed by atoms with Crippen molar-refractivity contribution in [1.29, 1.82) is 0 Å². The van der Waals surface area contributed by atoms with Gasteiger partial charge in [0, 0.05) is 6.07 Å². The summed E-state index contributed by atoms with van der Waals surface area (Å²) in [5.41, 5.74) is 0.338. The maximum Gasteiger partial charge on any atom is 0.339 e. The topological polar surface area (TPSA) is 67.1 Å². The van der Waals surface area contributed by atoms with Crippen LogP contribution >= 0.6 is 0 Å². The minimum Gasteiger partial charge on any atom is -0.493 e. The molecule has 0 fully saturated rings. The van der Waals surface area contributed by atoms with E-state index >= 15 is 0 Å². The van der Waals surface area contributed by atoms with Gasteiger partial charge in [-0.15, -0.1) is 0 Å². The zero-order valence-corrected chi connectivity index (χ0v) is 15.7. The monoisotopic (exact) mass is 360 g/mol. The molecule has 0 atom stereocenters. The van der Waals surface area contributed by atoms with Gasteiger partial charge in [0.15, 0.2) is 11.5 Å². The van der Waals surface area contributed by atoms with Crippen molar-refractivity contribution < 1.29 is 23.4 Å². The van der Waals surface area contributed by atoms with Crippen LogP contribution in [0.3, 0.4) is 0 Å². The molecule has 0 unspecified atom stereocenters. The van der Waals surface area contributed by atoms with E-state index in [0.717, 1.165) is 5.56 Å². The summed E-state index contributed by atoms with van der Waals surface area (Å²) >= 11 is 0. The molecule has 1 aromatic carbocycles. The molecule has 0 amide bonds. The van der Waals surface area contributed by atoms with Crippen molar-refractivity contribution in [3.63, 3.8) is 0 Å². The Hall–Kier alpha value is -2.89. The molecule has 0 aliphatic heterocycles. The Labute approximate surface area is 153 Å². The van der Waals surface area contributed by atoms with Gasteiger partial charge >= 0.3 is 5.63 Å². The van der Waals surface area contributed by atoms with Crippen LogP contribution in [0.4, 0.5) is 0 Å². The van der Waals surface area contributed by atoms with Crippen molar-refractivity contribution >= 4 is 12.2 Å². The Kier molecular flexibility index (Phi) is 6.72. The zero-order chi connectivity index (χ0) is 19.1. The largest absolute Gasteiger partial charge is 0.493 e. The minimum absolute atomic E-state index is 0.0340. The van der Waals surface area contributed by atoms with Gasteiger partial charge in [0.05, 0.1) is 33.0 Å². The van der Waals surface area contributed by atoms with E-state index in [2.05, 4.69) is 0 Å². The molecule has 0 aliphatic rings. The lowest BCUT2D eigenvalue weighted by molar-refractivity contribution is 0.239. The van der Waals surface area contributed by atoms with Gasteiger partial charge in [-0.3, -0.25) is 0 Å². The van der Waals surface area contributed by atoms with Crippen molar-refractivity contribution in [3.05, 3.63) is 46.0 Å². The molecule has 6 heteroatoms. The summed E-state index contributed by atoms with van der Waals surface area (Å²) in [7, 11) is 3.13. The van der Waals surface area contributed by atoms with Gasteiger partial charge in [0.2, 0.25) is 5.75 Å². The summed E-state index contributed by atoms with van der Waals surface area (Å²) in [4.78, 5) is 11.7. The molecule has 1 aromatic heterocycles. The molecule has 0 saturated heterocycles. The number of hydrogen-bond acceptors (Lipinski definition) is 6. The van der Waals surface area contributed by atoms with Crippen LogP contribution in [-0.2, 0) is 0 Å². The van der Waals surface area contributed by atoms with Crippen LogP contribution in [0.15, 0.2) is 33.5 Å². The second-order valence-corrected chi connectivity index (χ2v) is 5.70. The first-order valence-electron chi connectivity index (χ1n) is 8.35. The van der Waals surface area contributed by atoms with Crippen molar-refractivity contribution in [2.24, 2.45) is 0 Å². The van der Waals surface area contributed by atoms with Crippen molar-refractivity contribution in [2.75, 3.05) is 20.8 Å². The standard InChI is InChI=1S/C20H24O6/c1-6-24-20-17(22-4)9-14(10-18(20)23-5)7-8-15-11-16(25-13(2)3)12-19(21)26-15/h7-13H,6H2,1-5H3. The summed E-state index contributed by atoms with van der Waals surface area (Å²) in [5.74, 6) is 2.53. The first kappa shape index (κ1) is 19.4. The first-order chi connectivity index (χ1) is 12.5. The fourth-order valence-electron chi connectivity index (χ4n) is 2.36. The van der Waals surface area contributed by atoms with E-state index in [1.165, 1.54) is 6.07 Å². The zero-order valence-electron chi connectivity index (χ0n) is 15.7. The fourth-order valence-corrected chi connectivity index (χ4v) is 2.36. The lowest BCUT2D eigenvalue weighted by atomic mass is 10.1. The first-order valence-corrected chi connectivity index (χ1v) is 8.35. The Morgan fingerprint density at radius 1 is 1.04 bits per heavy atom. The van der Waals surface area contributed by atoms with Crippen LogP contribution in [0.2, 0.25) is 0 Å². The highest BCUT2D eigenvalue weighted by Crippen LogP contribution is 2.39. The summed E-state index contributed by atoms with van der Waals surface area (Å²) in [5, 5.41) is 0. The van der Waals surface area contributed by atoms with Crippen LogP contribution < -0.4 is 24.6 Å². The maximum absolute atomic E-state index is 11.7. The van der Waals surface area contributed by atoms with E-state index < -0.39 is 5.63 Å². The molecule has 0 radical (unpaired) electrons. The van der Waals surface area contributed by atoms with Crippen molar-refractivity contribution in [2.45, 2.75) is 26.9 Å². The van der Waals surface area contributed by atoms with Crippen LogP contribution in [0.5, 0.6) is 23.0 Å². The summed E-state index contributed by atoms with van der Waals surface area (Å²) in [6.07, 6.45) is 3.44. The second kappa shape index (κ2) is 8.99. The Morgan fingerprint density at radius 3 is 2.23 bits per heavy atom. The Balaban J connectivity index is 2.35. The molecule has 2 aromatic rings. The number of methoxy groups -OCH3 is 2. The summed E-state index contributed by atoms with van der Waals surface area (Å²) in [6, 6.07) is 6.62. The number of rotatable bonds is 8. The van der Waals surface area contributed by atoms with Gasteiger partial charge in [-0.1, -0.05) is 6.08 Å². The highest BCUT2D eigenvalue weighted by Gasteiger charge is 2.13. The van der Waals surface area contributed by atoms with Gasteiger partial charge < -0.3 is 23.4 Å². The average Bonchev–Trinajstić information content (AvgIpc) is 2.59. The van der Waals surface area contributed by atoms with E-state index in [4.69, 9.17) is 23.4 Å². The van der Waals surface area contributed by atoms with Gasteiger partial charge in [-0.2, -0.15) is 0 Å². The maximum atomic E-state index is 11.7. The smallest absolute Gasteiger partial charge is 0.339 e. The molecule has 0 bridgehead atoms. The molecule has 2 rings (SSSR count). The molecular weight excluding hydrogens is 336 g/mol.